The number of aryl methyl sites for hydroxylation is 3. The van der Waals surface area contributed by atoms with Crippen molar-refractivity contribution in [2.75, 3.05) is 0 Å². The summed E-state index contributed by atoms with van der Waals surface area (Å²) >= 11 is 3.81. The van der Waals surface area contributed by atoms with Gasteiger partial charge in [0.25, 0.3) is 0 Å². The fourth-order valence-electron chi connectivity index (χ4n) is 6.03. The smallest absolute Gasteiger partial charge is 0.0540 e. The van der Waals surface area contributed by atoms with Gasteiger partial charge in [-0.15, -0.1) is 94.0 Å². The second-order valence-electron chi connectivity index (χ2n) is 11.8. The first-order valence-corrected chi connectivity index (χ1v) is 17.3. The first-order chi connectivity index (χ1) is 23.0. The maximum atomic E-state index is 4.64. The molecule has 9 rings (SSSR count). The summed E-state index contributed by atoms with van der Waals surface area (Å²) in [5.41, 5.74) is 10.2. The van der Waals surface area contributed by atoms with Crippen LogP contribution in [0.25, 0.3) is 74.0 Å². The number of rotatable bonds is 3. The Balaban J connectivity index is 0.000000193. The first-order valence-electron chi connectivity index (χ1n) is 15.6. The summed E-state index contributed by atoms with van der Waals surface area (Å²) in [6.07, 6.45) is 3.83. The maximum absolute atomic E-state index is 4.64. The molecule has 0 unspecified atom stereocenters. The van der Waals surface area contributed by atoms with Crippen molar-refractivity contribution >= 4 is 63.0 Å². The molecule has 0 atom stereocenters. The zero-order valence-electron chi connectivity index (χ0n) is 26.7. The van der Waals surface area contributed by atoms with Gasteiger partial charge < -0.3 is 9.97 Å². The Morgan fingerprint density at radius 2 is 1.29 bits per heavy atom. The van der Waals surface area contributed by atoms with Crippen LogP contribution in [-0.4, -0.2) is 9.97 Å². The average molecular weight is 831 g/mol. The van der Waals surface area contributed by atoms with Crippen molar-refractivity contribution in [3.8, 4) is 33.6 Å². The monoisotopic (exact) mass is 831 g/mol. The van der Waals surface area contributed by atoms with Gasteiger partial charge >= 0.3 is 0 Å². The van der Waals surface area contributed by atoms with Gasteiger partial charge in [0.1, 0.15) is 0 Å². The van der Waals surface area contributed by atoms with Gasteiger partial charge in [-0.25, -0.2) is 0 Å². The molecule has 0 spiro atoms. The fourth-order valence-corrected chi connectivity index (χ4v) is 8.58. The molecule has 4 aromatic heterocycles. The molecule has 5 aromatic carbocycles. The third-order valence-corrected chi connectivity index (χ3v) is 11.2. The van der Waals surface area contributed by atoms with Crippen LogP contribution in [0, 0.1) is 32.9 Å². The molecule has 2 nitrogen and oxygen atoms in total. The zero-order chi connectivity index (χ0) is 31.9. The van der Waals surface area contributed by atoms with E-state index in [1.807, 2.05) is 59.3 Å². The van der Waals surface area contributed by atoms with Crippen molar-refractivity contribution in [2.24, 2.45) is 0 Å². The standard InChI is InChI=1S/C29H16NS2.C14H14N.Ir/c1-2-8-18(9-3-1)24-16-19(14-15-30-24)22-17-23-20-10-4-6-12-25(20)31-28(23)29-27(22)21-11-5-7-13-26(21)32-29;1-10-4-6-13(7-5-10)14-8-11(2)12(3)9-15-14;/h1-8,10-17H;4-6,8-9H,1-3H3;/q2*-1;. The summed E-state index contributed by atoms with van der Waals surface area (Å²) < 4.78 is 5.44. The molecule has 1 radical (unpaired) electrons. The van der Waals surface area contributed by atoms with Crippen molar-refractivity contribution in [2.45, 2.75) is 20.8 Å². The summed E-state index contributed by atoms with van der Waals surface area (Å²) in [6, 6.07) is 47.1. The summed E-state index contributed by atoms with van der Waals surface area (Å²) in [5, 5.41) is 5.34. The molecule has 0 aliphatic carbocycles. The third kappa shape index (κ3) is 6.00. The second-order valence-corrected chi connectivity index (χ2v) is 13.9. The van der Waals surface area contributed by atoms with E-state index in [2.05, 4.69) is 134 Å². The number of nitrogens with zero attached hydrogens (tertiary/aromatic N) is 2. The predicted molar refractivity (Wildman–Crippen MR) is 202 cm³/mol. The second kappa shape index (κ2) is 13.5. The molecule has 0 saturated heterocycles. The van der Waals surface area contributed by atoms with Crippen LogP contribution in [0.5, 0.6) is 0 Å². The number of thiophene rings is 2. The molecule has 0 saturated carbocycles. The average Bonchev–Trinajstić information content (AvgIpc) is 3.69. The molecule has 0 fully saturated rings. The molecule has 9 aromatic rings. The third-order valence-electron chi connectivity index (χ3n) is 8.67. The molecular weight excluding hydrogens is 801 g/mol. The van der Waals surface area contributed by atoms with Gasteiger partial charge in [-0.1, -0.05) is 61.0 Å². The van der Waals surface area contributed by atoms with E-state index < -0.39 is 0 Å². The van der Waals surface area contributed by atoms with E-state index in [4.69, 9.17) is 0 Å². The Bertz CT molecular complexity index is 2550. The molecule has 5 heteroatoms. The Morgan fingerprint density at radius 1 is 0.583 bits per heavy atom. The largest absolute Gasteiger partial charge is 0.305 e. The van der Waals surface area contributed by atoms with Crippen LogP contribution < -0.4 is 0 Å². The van der Waals surface area contributed by atoms with Gasteiger partial charge in [0.15, 0.2) is 0 Å². The molecule has 0 amide bonds. The van der Waals surface area contributed by atoms with Crippen LogP contribution >= 0.6 is 22.7 Å². The van der Waals surface area contributed by atoms with Crippen LogP contribution in [0.3, 0.4) is 0 Å². The van der Waals surface area contributed by atoms with Crippen molar-refractivity contribution in [3.05, 3.63) is 156 Å². The Hall–Kier alpha value is -4.51. The fraction of sp³-hybridized carbons (Fsp3) is 0.0698. The van der Waals surface area contributed by atoms with Crippen LogP contribution in [0.2, 0.25) is 0 Å². The van der Waals surface area contributed by atoms with E-state index in [1.54, 1.807) is 0 Å². The number of fused-ring (bicyclic) bond motifs is 7. The Morgan fingerprint density at radius 3 is 2.04 bits per heavy atom. The van der Waals surface area contributed by atoms with Gasteiger partial charge in [0.05, 0.1) is 9.40 Å². The molecule has 4 heterocycles. The van der Waals surface area contributed by atoms with Crippen LogP contribution in [-0.2, 0) is 20.1 Å². The molecule has 48 heavy (non-hydrogen) atoms. The molecular formula is C43H30IrN2S2-2. The van der Waals surface area contributed by atoms with Crippen LogP contribution in [0.15, 0.2) is 128 Å². The molecule has 235 valence electrons. The number of aromatic nitrogens is 2. The number of hydrogen-bond donors (Lipinski definition) is 0. The molecule has 0 bridgehead atoms. The first kappa shape index (κ1) is 32.1. The Kier molecular flexibility index (Phi) is 9.04. The van der Waals surface area contributed by atoms with Crippen LogP contribution in [0.1, 0.15) is 16.7 Å². The molecule has 0 aliphatic rings. The minimum Gasteiger partial charge on any atom is -0.305 e. The van der Waals surface area contributed by atoms with E-state index >= 15 is 0 Å². The summed E-state index contributed by atoms with van der Waals surface area (Å²) in [7, 11) is 0. The maximum Gasteiger partial charge on any atom is 0.0540 e. The zero-order valence-corrected chi connectivity index (χ0v) is 30.7. The van der Waals surface area contributed by atoms with E-state index in [0.29, 0.717) is 0 Å². The minimum absolute atomic E-state index is 0. The number of hydrogen-bond acceptors (Lipinski definition) is 4. The van der Waals surface area contributed by atoms with Crippen molar-refractivity contribution in [1.82, 2.24) is 9.97 Å². The quantitative estimate of drug-likeness (QED) is 0.166. The van der Waals surface area contributed by atoms with E-state index in [0.717, 1.165) is 22.5 Å². The van der Waals surface area contributed by atoms with E-state index in [9.17, 15) is 0 Å². The summed E-state index contributed by atoms with van der Waals surface area (Å²) in [6.45, 7) is 6.24. The topological polar surface area (TPSA) is 25.8 Å². The van der Waals surface area contributed by atoms with Gasteiger partial charge in [0.2, 0.25) is 0 Å². The number of pyridine rings is 2. The predicted octanol–water partition coefficient (Wildman–Crippen LogP) is 12.4. The van der Waals surface area contributed by atoms with E-state index in [-0.39, 0.29) is 20.1 Å². The molecule has 0 aliphatic heterocycles. The van der Waals surface area contributed by atoms with Gasteiger partial charge in [-0.3, -0.25) is 0 Å². The van der Waals surface area contributed by atoms with Gasteiger partial charge in [0, 0.05) is 63.4 Å². The Labute approximate surface area is 302 Å². The van der Waals surface area contributed by atoms with Gasteiger partial charge in [-0.05, 0) is 66.2 Å². The number of benzene rings is 5. The van der Waals surface area contributed by atoms with Gasteiger partial charge in [-0.2, -0.15) is 0 Å². The SMILES string of the molecule is Cc1c[c-]c(-c2cc(C)c(C)cn2)cc1.[Ir].[c-]1ccccc1-c1cc(-c2cc3c4ccccc4sc3c3sc4ccccc4c23)ccn1. The molecule has 0 N–H and O–H groups in total. The van der Waals surface area contributed by atoms with E-state index in [1.165, 1.54) is 68.2 Å². The summed E-state index contributed by atoms with van der Waals surface area (Å²) in [5.74, 6) is 0. The summed E-state index contributed by atoms with van der Waals surface area (Å²) in [4.78, 5) is 9.05. The van der Waals surface area contributed by atoms with Crippen molar-refractivity contribution in [1.29, 1.82) is 0 Å². The van der Waals surface area contributed by atoms with Crippen LogP contribution in [0.4, 0.5) is 0 Å². The minimum atomic E-state index is 0. The van der Waals surface area contributed by atoms with Crippen molar-refractivity contribution < 1.29 is 20.1 Å². The van der Waals surface area contributed by atoms with Crippen molar-refractivity contribution in [3.63, 3.8) is 0 Å². The normalized spacial score (nSPS) is 11.1.